The highest BCUT2D eigenvalue weighted by Crippen LogP contribution is 2.24. The monoisotopic (exact) mass is 296 g/mol. The number of halogens is 3. The lowest BCUT2D eigenvalue weighted by atomic mass is 9.96. The van der Waals surface area contributed by atoms with Crippen LogP contribution in [0.25, 0.3) is 0 Å². The molecule has 1 atom stereocenters. The Balaban J connectivity index is 2.26. The van der Waals surface area contributed by atoms with Crippen LogP contribution in [0, 0.1) is 18.6 Å². The second-order valence-electron chi connectivity index (χ2n) is 4.67. The third-order valence-corrected chi connectivity index (χ3v) is 3.57. The lowest BCUT2D eigenvalue weighted by molar-refractivity contribution is 0.547. The minimum atomic E-state index is -0.468. The van der Waals surface area contributed by atoms with E-state index < -0.39 is 5.82 Å². The zero-order valence-electron chi connectivity index (χ0n) is 11.0. The molecule has 20 heavy (non-hydrogen) atoms. The van der Waals surface area contributed by atoms with E-state index in [0.29, 0.717) is 6.42 Å². The van der Waals surface area contributed by atoms with Crippen LogP contribution in [0.4, 0.5) is 8.78 Å². The number of hydrazine groups is 1. The summed E-state index contributed by atoms with van der Waals surface area (Å²) in [5, 5.41) is 0.0542. The van der Waals surface area contributed by atoms with Crippen molar-refractivity contribution < 1.29 is 8.78 Å². The van der Waals surface area contributed by atoms with Gasteiger partial charge in [0.25, 0.3) is 0 Å². The smallest absolute Gasteiger partial charge is 0.141 e. The molecule has 0 fully saturated rings. The first-order valence-corrected chi connectivity index (χ1v) is 6.55. The number of hydrogen-bond donors (Lipinski definition) is 2. The van der Waals surface area contributed by atoms with Crippen molar-refractivity contribution in [2.45, 2.75) is 19.4 Å². The van der Waals surface area contributed by atoms with Gasteiger partial charge in [-0.3, -0.25) is 11.3 Å². The highest BCUT2D eigenvalue weighted by atomic mass is 35.5. The van der Waals surface area contributed by atoms with E-state index in [1.165, 1.54) is 18.2 Å². The van der Waals surface area contributed by atoms with Gasteiger partial charge < -0.3 is 0 Å². The fraction of sp³-hybridized carbons (Fsp3) is 0.200. The predicted molar refractivity (Wildman–Crippen MR) is 76.3 cm³/mol. The summed E-state index contributed by atoms with van der Waals surface area (Å²) < 4.78 is 26.3. The van der Waals surface area contributed by atoms with Crippen molar-refractivity contribution in [2.75, 3.05) is 0 Å². The van der Waals surface area contributed by atoms with Crippen LogP contribution in [0.15, 0.2) is 36.4 Å². The van der Waals surface area contributed by atoms with E-state index in [1.54, 1.807) is 18.2 Å². The molecule has 0 aliphatic carbocycles. The number of nitrogens with one attached hydrogen (secondary N) is 1. The van der Waals surface area contributed by atoms with Crippen LogP contribution in [-0.2, 0) is 6.42 Å². The van der Waals surface area contributed by atoms with E-state index in [4.69, 9.17) is 17.4 Å². The average molecular weight is 297 g/mol. The third-order valence-electron chi connectivity index (χ3n) is 3.28. The lowest BCUT2D eigenvalue weighted by Crippen LogP contribution is -2.29. The first-order chi connectivity index (χ1) is 9.51. The summed E-state index contributed by atoms with van der Waals surface area (Å²) in [6, 6.07) is 8.86. The number of hydrogen-bond acceptors (Lipinski definition) is 2. The summed E-state index contributed by atoms with van der Waals surface area (Å²) in [5.41, 5.74) is 5.27. The van der Waals surface area contributed by atoms with Gasteiger partial charge in [-0.15, -0.1) is 0 Å². The van der Waals surface area contributed by atoms with Gasteiger partial charge in [0.15, 0.2) is 0 Å². The van der Waals surface area contributed by atoms with Crippen LogP contribution < -0.4 is 11.3 Å². The molecule has 0 radical (unpaired) electrons. The third kappa shape index (κ3) is 3.33. The van der Waals surface area contributed by atoms with E-state index in [-0.39, 0.29) is 16.9 Å². The molecule has 0 bridgehead atoms. The number of aryl methyl sites for hydroxylation is 1. The Morgan fingerprint density at radius 2 is 1.95 bits per heavy atom. The van der Waals surface area contributed by atoms with Crippen molar-refractivity contribution in [3.8, 4) is 0 Å². The molecule has 2 aromatic carbocycles. The zero-order chi connectivity index (χ0) is 14.7. The van der Waals surface area contributed by atoms with Gasteiger partial charge in [-0.1, -0.05) is 23.7 Å². The molecule has 0 aliphatic rings. The summed E-state index contributed by atoms with van der Waals surface area (Å²) in [5.74, 6) is 4.82. The van der Waals surface area contributed by atoms with Crippen molar-refractivity contribution in [1.82, 2.24) is 5.43 Å². The fourth-order valence-electron chi connectivity index (χ4n) is 2.11. The molecule has 0 aliphatic heterocycles. The Labute approximate surface area is 121 Å². The van der Waals surface area contributed by atoms with Crippen LogP contribution in [0.2, 0.25) is 5.02 Å². The lowest BCUT2D eigenvalue weighted by Gasteiger charge is -2.18. The zero-order valence-corrected chi connectivity index (χ0v) is 11.7. The van der Waals surface area contributed by atoms with Gasteiger partial charge in [-0.25, -0.2) is 8.78 Å². The SMILES string of the molecule is Cc1cc(F)ccc1CC(NN)c1ccc(F)c(Cl)c1. The van der Waals surface area contributed by atoms with E-state index in [1.807, 2.05) is 6.92 Å². The largest absolute Gasteiger partial charge is 0.271 e. The summed E-state index contributed by atoms with van der Waals surface area (Å²) in [6.07, 6.45) is 0.560. The summed E-state index contributed by atoms with van der Waals surface area (Å²) in [4.78, 5) is 0. The van der Waals surface area contributed by atoms with E-state index in [9.17, 15) is 8.78 Å². The summed E-state index contributed by atoms with van der Waals surface area (Å²) >= 11 is 5.78. The van der Waals surface area contributed by atoms with Gasteiger partial charge in [0, 0.05) is 0 Å². The molecule has 1 unspecified atom stereocenters. The highest BCUT2D eigenvalue weighted by Gasteiger charge is 2.14. The first-order valence-electron chi connectivity index (χ1n) is 6.17. The molecular weight excluding hydrogens is 282 g/mol. The fourth-order valence-corrected chi connectivity index (χ4v) is 2.30. The first kappa shape index (κ1) is 14.9. The van der Waals surface area contributed by atoms with E-state index in [0.717, 1.165) is 16.7 Å². The molecule has 2 nitrogen and oxygen atoms in total. The van der Waals surface area contributed by atoms with Gasteiger partial charge in [0.2, 0.25) is 0 Å². The Bertz CT molecular complexity index is 617. The van der Waals surface area contributed by atoms with Gasteiger partial charge >= 0.3 is 0 Å². The normalized spacial score (nSPS) is 12.4. The minimum Gasteiger partial charge on any atom is -0.271 e. The Morgan fingerprint density at radius 3 is 2.55 bits per heavy atom. The summed E-state index contributed by atoms with van der Waals surface area (Å²) in [7, 11) is 0. The van der Waals surface area contributed by atoms with E-state index in [2.05, 4.69) is 5.43 Å². The second-order valence-corrected chi connectivity index (χ2v) is 5.07. The molecule has 2 aromatic rings. The molecule has 2 rings (SSSR count). The molecule has 0 aromatic heterocycles. The average Bonchev–Trinajstić information content (AvgIpc) is 2.41. The number of rotatable bonds is 4. The van der Waals surface area contributed by atoms with Crippen LogP contribution in [0.5, 0.6) is 0 Å². The molecule has 0 saturated heterocycles. The van der Waals surface area contributed by atoms with Gasteiger partial charge in [0.05, 0.1) is 11.1 Å². The van der Waals surface area contributed by atoms with Crippen molar-refractivity contribution in [2.24, 2.45) is 5.84 Å². The van der Waals surface area contributed by atoms with Crippen molar-refractivity contribution >= 4 is 11.6 Å². The van der Waals surface area contributed by atoms with Crippen molar-refractivity contribution in [3.63, 3.8) is 0 Å². The molecule has 0 amide bonds. The molecule has 0 spiro atoms. The quantitative estimate of drug-likeness (QED) is 0.667. The summed E-state index contributed by atoms with van der Waals surface area (Å²) in [6.45, 7) is 1.84. The van der Waals surface area contributed by atoms with Gasteiger partial charge in [-0.05, 0) is 54.3 Å². The standard InChI is InChI=1S/C15H15ClF2N2/c1-9-6-12(17)4-2-10(9)8-15(20-19)11-3-5-14(18)13(16)7-11/h2-7,15,20H,8,19H2,1H3. The Morgan fingerprint density at radius 1 is 1.20 bits per heavy atom. The van der Waals surface area contributed by atoms with E-state index >= 15 is 0 Å². The minimum absolute atomic E-state index is 0.0542. The second kappa shape index (κ2) is 6.31. The number of nitrogens with two attached hydrogens (primary N) is 1. The van der Waals surface area contributed by atoms with Crippen LogP contribution in [0.3, 0.4) is 0 Å². The Hall–Kier alpha value is -1.49. The Kier molecular flexibility index (Phi) is 4.70. The van der Waals surface area contributed by atoms with Crippen molar-refractivity contribution in [3.05, 3.63) is 69.7 Å². The maximum absolute atomic E-state index is 13.2. The molecule has 3 N–H and O–H groups in total. The van der Waals surface area contributed by atoms with Crippen LogP contribution >= 0.6 is 11.6 Å². The molecule has 5 heteroatoms. The van der Waals surface area contributed by atoms with Gasteiger partial charge in [0.1, 0.15) is 11.6 Å². The van der Waals surface area contributed by atoms with Crippen molar-refractivity contribution in [1.29, 1.82) is 0 Å². The maximum Gasteiger partial charge on any atom is 0.141 e. The topological polar surface area (TPSA) is 38.0 Å². The van der Waals surface area contributed by atoms with Crippen LogP contribution in [-0.4, -0.2) is 0 Å². The highest BCUT2D eigenvalue weighted by molar-refractivity contribution is 6.30. The molecule has 0 heterocycles. The van der Waals surface area contributed by atoms with Gasteiger partial charge in [-0.2, -0.15) is 0 Å². The molecular formula is C15H15ClF2N2. The maximum atomic E-state index is 13.2. The molecule has 0 saturated carbocycles. The number of benzene rings is 2. The van der Waals surface area contributed by atoms with Crippen LogP contribution in [0.1, 0.15) is 22.7 Å². The predicted octanol–water partition coefficient (Wildman–Crippen LogP) is 3.67. The molecule has 106 valence electrons.